The van der Waals surface area contributed by atoms with Gasteiger partial charge in [-0.25, -0.2) is 0 Å². The monoisotopic (exact) mass is 267 g/mol. The summed E-state index contributed by atoms with van der Waals surface area (Å²) in [6.07, 6.45) is 7.21. The molecule has 1 fully saturated rings. The summed E-state index contributed by atoms with van der Waals surface area (Å²) in [6.45, 7) is 12.9. The highest BCUT2D eigenvalue weighted by Gasteiger charge is 2.22. The van der Waals surface area contributed by atoms with Crippen LogP contribution < -0.4 is 0 Å². The van der Waals surface area contributed by atoms with Gasteiger partial charge in [0.05, 0.1) is 0 Å². The molecule has 0 amide bonds. The molecule has 0 aliphatic carbocycles. The predicted octanol–water partition coefficient (Wildman–Crippen LogP) is 3.40. The van der Waals surface area contributed by atoms with Gasteiger partial charge in [-0.3, -0.25) is 4.79 Å². The van der Waals surface area contributed by atoms with Crippen LogP contribution in [0.2, 0.25) is 0 Å². The van der Waals surface area contributed by atoms with Gasteiger partial charge in [0.2, 0.25) is 0 Å². The average molecular weight is 267 g/mol. The van der Waals surface area contributed by atoms with Gasteiger partial charge >= 0.3 is 5.97 Å². The van der Waals surface area contributed by atoms with Gasteiger partial charge in [0, 0.05) is 13.0 Å². The number of nitrogens with zero attached hydrogens (tertiary/aromatic N) is 1. The molecule has 1 rings (SSSR count). The molecule has 0 bridgehead atoms. The van der Waals surface area contributed by atoms with Crippen molar-refractivity contribution < 1.29 is 9.53 Å². The molecule has 0 aromatic heterocycles. The number of rotatable bonds is 6. The first-order valence-electron chi connectivity index (χ1n) is 7.46. The molecule has 1 aliphatic heterocycles. The molecule has 0 aromatic carbocycles. The lowest BCUT2D eigenvalue weighted by Crippen LogP contribution is -2.35. The Bertz CT molecular complexity index is 288. The highest BCUT2D eigenvalue weighted by molar-refractivity contribution is 5.70. The fourth-order valence-corrected chi connectivity index (χ4v) is 2.58. The predicted molar refractivity (Wildman–Crippen MR) is 79.1 cm³/mol. The molecular weight excluding hydrogens is 238 g/mol. The lowest BCUT2D eigenvalue weighted by atomic mass is 9.99. The van der Waals surface area contributed by atoms with Crippen molar-refractivity contribution in [1.29, 1.82) is 0 Å². The zero-order valence-corrected chi connectivity index (χ0v) is 12.8. The van der Waals surface area contributed by atoms with Crippen LogP contribution in [0.1, 0.15) is 52.9 Å². The number of hydrogen-bond acceptors (Lipinski definition) is 3. The maximum Gasteiger partial charge on any atom is 0.306 e. The van der Waals surface area contributed by atoms with Crippen LogP contribution >= 0.6 is 0 Å². The molecule has 0 radical (unpaired) electrons. The quantitative estimate of drug-likeness (QED) is 0.545. The number of hydrogen-bond donors (Lipinski definition) is 0. The summed E-state index contributed by atoms with van der Waals surface area (Å²) >= 11 is 0. The molecule has 1 saturated heterocycles. The molecule has 3 nitrogen and oxygen atoms in total. The first-order valence-corrected chi connectivity index (χ1v) is 7.46. The fourth-order valence-electron chi connectivity index (χ4n) is 2.58. The maximum absolute atomic E-state index is 11.9. The van der Waals surface area contributed by atoms with E-state index in [1.165, 1.54) is 32.4 Å². The molecule has 0 saturated carbocycles. The Balaban J connectivity index is 2.42. The number of likely N-dealkylation sites (tertiary alicyclic amines) is 1. The normalized spacial score (nSPS) is 18.9. The third-order valence-electron chi connectivity index (χ3n) is 3.34. The number of allylic oxidation sites excluding steroid dienone is 1. The van der Waals surface area contributed by atoms with Gasteiger partial charge in [-0.2, -0.15) is 0 Å². The van der Waals surface area contributed by atoms with Crippen LogP contribution in [-0.4, -0.2) is 36.1 Å². The average Bonchev–Trinajstić information content (AvgIpc) is 2.27. The second-order valence-electron chi connectivity index (χ2n) is 6.54. The number of carbonyl (C=O) groups excluding carboxylic acids is 1. The molecule has 3 heteroatoms. The van der Waals surface area contributed by atoms with Crippen LogP contribution in [0.4, 0.5) is 0 Å². The number of carbonyl (C=O) groups is 1. The van der Waals surface area contributed by atoms with Crippen LogP contribution in [0.25, 0.3) is 0 Å². The van der Waals surface area contributed by atoms with Crippen LogP contribution in [0.3, 0.4) is 0 Å². The van der Waals surface area contributed by atoms with E-state index in [9.17, 15) is 4.79 Å². The summed E-state index contributed by atoms with van der Waals surface area (Å²) in [5.41, 5.74) is -0.388. The van der Waals surface area contributed by atoms with Crippen molar-refractivity contribution in [2.75, 3.05) is 19.6 Å². The van der Waals surface area contributed by atoms with E-state index in [-0.39, 0.29) is 11.6 Å². The van der Waals surface area contributed by atoms with Gasteiger partial charge in [-0.15, -0.1) is 6.58 Å². The van der Waals surface area contributed by atoms with E-state index < -0.39 is 0 Å². The van der Waals surface area contributed by atoms with Gasteiger partial charge in [-0.1, -0.05) is 12.5 Å². The van der Waals surface area contributed by atoms with Gasteiger partial charge in [-0.05, 0) is 59.0 Å². The smallest absolute Gasteiger partial charge is 0.306 e. The molecular formula is C16H29NO2. The fraction of sp³-hybridized carbons (Fsp3) is 0.812. The summed E-state index contributed by atoms with van der Waals surface area (Å²) in [4.78, 5) is 14.4. The summed E-state index contributed by atoms with van der Waals surface area (Å²) in [5, 5.41) is 0. The van der Waals surface area contributed by atoms with Gasteiger partial charge in [0.15, 0.2) is 0 Å². The highest BCUT2D eigenvalue weighted by atomic mass is 16.6. The largest absolute Gasteiger partial charge is 0.460 e. The Kier molecular flexibility index (Phi) is 6.56. The molecule has 0 unspecified atom stereocenters. The van der Waals surface area contributed by atoms with Gasteiger partial charge < -0.3 is 9.64 Å². The van der Waals surface area contributed by atoms with E-state index in [0.717, 1.165) is 13.0 Å². The zero-order valence-electron chi connectivity index (χ0n) is 12.8. The van der Waals surface area contributed by atoms with Crippen LogP contribution in [0.5, 0.6) is 0 Å². The van der Waals surface area contributed by atoms with Crippen molar-refractivity contribution >= 4 is 5.97 Å². The van der Waals surface area contributed by atoms with E-state index >= 15 is 0 Å². The second-order valence-corrected chi connectivity index (χ2v) is 6.54. The van der Waals surface area contributed by atoms with Crippen LogP contribution in [0.15, 0.2) is 12.7 Å². The molecule has 1 heterocycles. The van der Waals surface area contributed by atoms with E-state index in [1.54, 1.807) is 0 Å². The maximum atomic E-state index is 11.9. The summed E-state index contributed by atoms with van der Waals surface area (Å²) in [6, 6.07) is 0. The Morgan fingerprint density at radius 1 is 1.32 bits per heavy atom. The minimum absolute atomic E-state index is 0.0867. The molecule has 0 N–H and O–H groups in total. The van der Waals surface area contributed by atoms with E-state index in [4.69, 9.17) is 4.74 Å². The highest BCUT2D eigenvalue weighted by Crippen LogP contribution is 2.18. The van der Waals surface area contributed by atoms with Crippen molar-refractivity contribution in [3.63, 3.8) is 0 Å². The summed E-state index contributed by atoms with van der Waals surface area (Å²) < 4.78 is 5.41. The lowest BCUT2D eigenvalue weighted by molar-refractivity contribution is -0.156. The minimum Gasteiger partial charge on any atom is -0.460 e. The molecule has 0 aromatic rings. The summed E-state index contributed by atoms with van der Waals surface area (Å²) in [5.74, 6) is 0.252. The third-order valence-corrected chi connectivity index (χ3v) is 3.34. The van der Waals surface area contributed by atoms with Crippen LogP contribution in [0, 0.1) is 5.92 Å². The Labute approximate surface area is 118 Å². The third kappa shape index (κ3) is 7.36. The van der Waals surface area contributed by atoms with Crippen molar-refractivity contribution in [1.82, 2.24) is 4.90 Å². The van der Waals surface area contributed by atoms with Gasteiger partial charge in [0.25, 0.3) is 0 Å². The van der Waals surface area contributed by atoms with Crippen molar-refractivity contribution in [3.8, 4) is 0 Å². The number of ether oxygens (including phenoxy) is 1. The lowest BCUT2D eigenvalue weighted by Gasteiger charge is -2.30. The first-order chi connectivity index (χ1) is 8.90. The van der Waals surface area contributed by atoms with Crippen LogP contribution in [-0.2, 0) is 9.53 Å². The first kappa shape index (κ1) is 16.2. The summed E-state index contributed by atoms with van der Waals surface area (Å²) in [7, 11) is 0. The van der Waals surface area contributed by atoms with E-state index in [2.05, 4.69) is 11.5 Å². The molecule has 19 heavy (non-hydrogen) atoms. The SMILES string of the molecule is C=CC[C@@H](CC(=O)OC(C)(C)C)CN1CCCCC1. The van der Waals surface area contributed by atoms with Crippen molar-refractivity contribution in [2.24, 2.45) is 5.92 Å². The minimum atomic E-state index is -0.388. The topological polar surface area (TPSA) is 29.5 Å². The Morgan fingerprint density at radius 3 is 2.47 bits per heavy atom. The van der Waals surface area contributed by atoms with Crippen molar-refractivity contribution in [3.05, 3.63) is 12.7 Å². The van der Waals surface area contributed by atoms with Crippen molar-refractivity contribution in [2.45, 2.75) is 58.5 Å². The molecule has 0 spiro atoms. The number of piperidine rings is 1. The van der Waals surface area contributed by atoms with E-state index in [1.807, 2.05) is 26.8 Å². The standard InChI is InChI=1S/C16H29NO2/c1-5-9-14(12-15(18)19-16(2,3)4)13-17-10-7-6-8-11-17/h5,14H,1,6-13H2,2-4H3/t14-/m0/s1. The number of esters is 1. The zero-order chi connectivity index (χ0) is 14.3. The molecule has 1 aliphatic rings. The molecule has 1 atom stereocenters. The molecule has 110 valence electrons. The van der Waals surface area contributed by atoms with Gasteiger partial charge in [0.1, 0.15) is 5.60 Å². The second kappa shape index (κ2) is 7.68. The Hall–Kier alpha value is -0.830. The Morgan fingerprint density at radius 2 is 1.95 bits per heavy atom. The van der Waals surface area contributed by atoms with E-state index in [0.29, 0.717) is 12.3 Å².